The molecule has 1 amide bonds. The van der Waals surface area contributed by atoms with E-state index in [1.54, 1.807) is 0 Å². The van der Waals surface area contributed by atoms with Crippen LogP contribution in [0.25, 0.3) is 0 Å². The summed E-state index contributed by atoms with van der Waals surface area (Å²) in [7, 11) is 0. The third-order valence-corrected chi connectivity index (χ3v) is 5.25. The summed E-state index contributed by atoms with van der Waals surface area (Å²) < 4.78 is 0. The van der Waals surface area contributed by atoms with Gasteiger partial charge in [0.05, 0.1) is 5.75 Å². The lowest BCUT2D eigenvalue weighted by Gasteiger charge is -2.26. The van der Waals surface area contributed by atoms with Crippen molar-refractivity contribution in [1.82, 2.24) is 10.2 Å². The van der Waals surface area contributed by atoms with Gasteiger partial charge < -0.3 is 10.2 Å². The van der Waals surface area contributed by atoms with Gasteiger partial charge in [0.25, 0.3) is 0 Å². The highest BCUT2D eigenvalue weighted by Crippen LogP contribution is 2.24. The first-order valence-corrected chi connectivity index (χ1v) is 7.98. The SMILES string of the molecule is CCC1CCCN1C(=O)CSC1CCNCC1. The molecular formula is C13H24N2OS. The van der Waals surface area contributed by atoms with Crippen molar-refractivity contribution in [3.05, 3.63) is 0 Å². The maximum absolute atomic E-state index is 12.1. The first-order valence-electron chi connectivity index (χ1n) is 6.93. The highest BCUT2D eigenvalue weighted by molar-refractivity contribution is 8.00. The summed E-state index contributed by atoms with van der Waals surface area (Å²) in [6.07, 6.45) is 5.95. The van der Waals surface area contributed by atoms with Crippen LogP contribution >= 0.6 is 11.8 Å². The van der Waals surface area contributed by atoms with E-state index in [9.17, 15) is 4.79 Å². The van der Waals surface area contributed by atoms with E-state index < -0.39 is 0 Å². The summed E-state index contributed by atoms with van der Waals surface area (Å²) in [5.41, 5.74) is 0. The van der Waals surface area contributed by atoms with Gasteiger partial charge in [-0.05, 0) is 45.2 Å². The van der Waals surface area contributed by atoms with E-state index in [1.807, 2.05) is 11.8 Å². The van der Waals surface area contributed by atoms with Crippen LogP contribution in [-0.2, 0) is 4.79 Å². The van der Waals surface area contributed by atoms with Crippen LogP contribution in [0.1, 0.15) is 39.0 Å². The van der Waals surface area contributed by atoms with Gasteiger partial charge in [0.15, 0.2) is 0 Å². The van der Waals surface area contributed by atoms with Crippen molar-refractivity contribution in [3.63, 3.8) is 0 Å². The van der Waals surface area contributed by atoms with Crippen molar-refractivity contribution < 1.29 is 4.79 Å². The van der Waals surface area contributed by atoms with Gasteiger partial charge in [0, 0.05) is 17.8 Å². The molecule has 2 saturated heterocycles. The van der Waals surface area contributed by atoms with Gasteiger partial charge in [0.1, 0.15) is 0 Å². The Hall–Kier alpha value is -0.220. The maximum Gasteiger partial charge on any atom is 0.232 e. The number of carbonyl (C=O) groups is 1. The monoisotopic (exact) mass is 256 g/mol. The Labute approximate surface area is 109 Å². The van der Waals surface area contributed by atoms with Crippen molar-refractivity contribution in [2.24, 2.45) is 0 Å². The van der Waals surface area contributed by atoms with Crippen molar-refractivity contribution in [2.75, 3.05) is 25.4 Å². The number of hydrogen-bond donors (Lipinski definition) is 1. The molecule has 1 atom stereocenters. The molecule has 2 fully saturated rings. The van der Waals surface area contributed by atoms with Crippen molar-refractivity contribution in [3.8, 4) is 0 Å². The Balaban J connectivity index is 1.72. The predicted molar refractivity (Wildman–Crippen MR) is 73.4 cm³/mol. The predicted octanol–water partition coefficient (Wildman–Crippen LogP) is 1.87. The molecule has 3 nitrogen and oxygen atoms in total. The van der Waals surface area contributed by atoms with E-state index in [-0.39, 0.29) is 0 Å². The number of rotatable bonds is 4. The van der Waals surface area contributed by atoms with Gasteiger partial charge in [-0.2, -0.15) is 0 Å². The zero-order valence-electron chi connectivity index (χ0n) is 10.8. The van der Waals surface area contributed by atoms with Gasteiger partial charge in [-0.15, -0.1) is 11.8 Å². The Bertz CT molecular complexity index is 254. The summed E-state index contributed by atoms with van der Waals surface area (Å²) in [6, 6.07) is 0.524. The Morgan fingerprint density at radius 3 is 2.82 bits per heavy atom. The molecule has 0 bridgehead atoms. The van der Waals surface area contributed by atoms with E-state index in [1.165, 1.54) is 25.7 Å². The number of piperidine rings is 1. The fourth-order valence-corrected chi connectivity index (χ4v) is 3.94. The van der Waals surface area contributed by atoms with Crippen molar-refractivity contribution in [1.29, 1.82) is 0 Å². The zero-order valence-corrected chi connectivity index (χ0v) is 11.6. The zero-order chi connectivity index (χ0) is 12.1. The number of nitrogens with zero attached hydrogens (tertiary/aromatic N) is 1. The van der Waals surface area contributed by atoms with Crippen LogP contribution in [0.4, 0.5) is 0 Å². The second kappa shape index (κ2) is 6.64. The lowest BCUT2D eigenvalue weighted by molar-refractivity contribution is -0.129. The quantitative estimate of drug-likeness (QED) is 0.833. The molecule has 0 aromatic carbocycles. The second-order valence-electron chi connectivity index (χ2n) is 5.05. The van der Waals surface area contributed by atoms with Gasteiger partial charge in [0.2, 0.25) is 5.91 Å². The van der Waals surface area contributed by atoms with Crippen LogP contribution in [0.3, 0.4) is 0 Å². The van der Waals surface area contributed by atoms with E-state index in [0.29, 0.717) is 23.0 Å². The van der Waals surface area contributed by atoms with Crippen LogP contribution in [-0.4, -0.2) is 47.5 Å². The molecule has 2 aliphatic heterocycles. The van der Waals surface area contributed by atoms with E-state index in [0.717, 1.165) is 26.1 Å². The number of thioether (sulfide) groups is 1. The molecule has 0 aromatic rings. The van der Waals surface area contributed by atoms with E-state index in [4.69, 9.17) is 0 Å². The average Bonchev–Trinajstić information content (AvgIpc) is 2.85. The minimum atomic E-state index is 0.373. The Morgan fingerprint density at radius 2 is 2.12 bits per heavy atom. The summed E-state index contributed by atoms with van der Waals surface area (Å²) in [5, 5.41) is 4.06. The van der Waals surface area contributed by atoms with Crippen LogP contribution in [0.2, 0.25) is 0 Å². The van der Waals surface area contributed by atoms with Crippen LogP contribution < -0.4 is 5.32 Å². The number of amides is 1. The third-order valence-electron chi connectivity index (χ3n) is 3.90. The largest absolute Gasteiger partial charge is 0.339 e. The van der Waals surface area contributed by atoms with Crippen molar-refractivity contribution in [2.45, 2.75) is 50.3 Å². The molecule has 2 aliphatic rings. The number of hydrogen-bond acceptors (Lipinski definition) is 3. The van der Waals surface area contributed by atoms with Gasteiger partial charge in [-0.3, -0.25) is 4.79 Å². The molecule has 2 rings (SSSR count). The molecule has 0 saturated carbocycles. The molecular weight excluding hydrogens is 232 g/mol. The summed E-state index contributed by atoms with van der Waals surface area (Å²) in [6.45, 7) is 5.42. The molecule has 0 spiro atoms. The van der Waals surface area contributed by atoms with Crippen LogP contribution in [0.15, 0.2) is 0 Å². The fourth-order valence-electron chi connectivity index (χ4n) is 2.82. The number of likely N-dealkylation sites (tertiary alicyclic amines) is 1. The maximum atomic E-state index is 12.1. The number of nitrogens with one attached hydrogen (secondary N) is 1. The molecule has 0 aliphatic carbocycles. The standard InChI is InChI=1S/C13H24N2OS/c1-2-11-4-3-9-15(11)13(16)10-17-12-5-7-14-8-6-12/h11-12,14H,2-10H2,1H3. The topological polar surface area (TPSA) is 32.3 Å². The van der Waals surface area contributed by atoms with Gasteiger partial charge in [-0.1, -0.05) is 6.92 Å². The van der Waals surface area contributed by atoms with E-state index in [2.05, 4.69) is 17.1 Å². The third kappa shape index (κ3) is 3.62. The minimum absolute atomic E-state index is 0.373. The highest BCUT2D eigenvalue weighted by atomic mass is 32.2. The molecule has 98 valence electrons. The summed E-state index contributed by atoms with van der Waals surface area (Å²) >= 11 is 1.87. The molecule has 4 heteroatoms. The molecule has 2 heterocycles. The lowest BCUT2D eigenvalue weighted by atomic mass is 10.2. The van der Waals surface area contributed by atoms with Crippen molar-refractivity contribution >= 4 is 17.7 Å². The fraction of sp³-hybridized carbons (Fsp3) is 0.923. The first kappa shape index (κ1) is 13.2. The van der Waals surface area contributed by atoms with E-state index >= 15 is 0 Å². The van der Waals surface area contributed by atoms with Crippen LogP contribution in [0.5, 0.6) is 0 Å². The first-order chi connectivity index (χ1) is 8.31. The number of carbonyl (C=O) groups excluding carboxylic acids is 1. The van der Waals surface area contributed by atoms with Gasteiger partial charge in [-0.25, -0.2) is 0 Å². The second-order valence-corrected chi connectivity index (χ2v) is 6.34. The molecule has 1 N–H and O–H groups in total. The van der Waals surface area contributed by atoms with Gasteiger partial charge >= 0.3 is 0 Å². The Morgan fingerprint density at radius 1 is 1.35 bits per heavy atom. The Kier molecular flexibility index (Phi) is 5.16. The molecule has 17 heavy (non-hydrogen) atoms. The normalized spacial score (nSPS) is 26.4. The highest BCUT2D eigenvalue weighted by Gasteiger charge is 2.27. The smallest absolute Gasteiger partial charge is 0.232 e. The van der Waals surface area contributed by atoms with Crippen LogP contribution in [0, 0.1) is 0 Å². The lowest BCUT2D eigenvalue weighted by Crippen LogP contribution is -2.37. The molecule has 1 unspecified atom stereocenters. The summed E-state index contributed by atoms with van der Waals surface area (Å²) in [4.78, 5) is 14.3. The summed E-state index contributed by atoms with van der Waals surface area (Å²) in [5.74, 6) is 1.07. The average molecular weight is 256 g/mol. The minimum Gasteiger partial charge on any atom is -0.339 e. The molecule has 0 aromatic heterocycles. The molecule has 0 radical (unpaired) electrons.